The van der Waals surface area contributed by atoms with Gasteiger partial charge in [-0.1, -0.05) is 0 Å². The smallest absolute Gasteiger partial charge is 0.304 e. The number of rotatable bonds is 3. The van der Waals surface area contributed by atoms with Crippen molar-refractivity contribution in [2.45, 2.75) is 20.3 Å². The molecule has 0 aliphatic rings. The van der Waals surface area contributed by atoms with Crippen LogP contribution in [-0.4, -0.2) is 20.9 Å². The fourth-order valence-electron chi connectivity index (χ4n) is 0.716. The monoisotopic (exact) mass is 170 g/mol. The number of nitrogens with zero attached hydrogens (tertiary/aromatic N) is 2. The topological polar surface area (TPSA) is 64.3 Å². The zero-order valence-corrected chi connectivity index (χ0v) is 6.73. The zero-order valence-electron chi connectivity index (χ0n) is 6.73. The highest BCUT2D eigenvalue weighted by molar-refractivity contribution is 5.65. The predicted octanol–water partition coefficient (Wildman–Crippen LogP) is -0.104. The molecule has 1 N–H and O–H groups in total. The van der Waals surface area contributed by atoms with Gasteiger partial charge in [0.25, 0.3) is 0 Å². The van der Waals surface area contributed by atoms with E-state index < -0.39 is 0 Å². The van der Waals surface area contributed by atoms with Crippen LogP contribution in [0.2, 0.25) is 0 Å². The van der Waals surface area contributed by atoms with Crippen molar-refractivity contribution in [3.05, 3.63) is 18.0 Å². The Morgan fingerprint density at radius 2 is 2.58 bits per heavy atom. The van der Waals surface area contributed by atoms with Crippen molar-refractivity contribution in [2.75, 3.05) is 0 Å². The van der Waals surface area contributed by atoms with Crippen LogP contribution in [0.25, 0.3) is 0 Å². The van der Waals surface area contributed by atoms with Gasteiger partial charge < -0.3 is 9.84 Å². The Hall–Kier alpha value is -1.36. The Morgan fingerprint density at radius 3 is 3.08 bits per heavy atom. The summed E-state index contributed by atoms with van der Waals surface area (Å²) in [5.74, 6) is -0.351. The summed E-state index contributed by atoms with van der Waals surface area (Å²) in [5.41, 5.74) is 0.696. The first kappa shape index (κ1) is 8.73. The molecule has 0 unspecified atom stereocenters. The number of aliphatic hydroxyl groups excluding tert-OH is 1. The minimum Gasteiger partial charge on any atom is -0.443 e. The molecule has 0 saturated heterocycles. The normalized spacial score (nSPS) is 9.83. The molecule has 0 aliphatic heterocycles. The number of carbonyl (C=O) groups is 1. The summed E-state index contributed by atoms with van der Waals surface area (Å²) in [6.45, 7) is 1.37. The fourth-order valence-corrected chi connectivity index (χ4v) is 0.716. The molecule has 12 heavy (non-hydrogen) atoms. The third kappa shape index (κ3) is 2.35. The van der Waals surface area contributed by atoms with Crippen LogP contribution in [0.15, 0.2) is 12.4 Å². The third-order valence-corrected chi connectivity index (χ3v) is 1.27. The summed E-state index contributed by atoms with van der Waals surface area (Å²) < 4.78 is 6.10. The van der Waals surface area contributed by atoms with E-state index in [-0.39, 0.29) is 19.3 Å². The number of aliphatic hydroxyl groups is 1. The first-order valence-corrected chi connectivity index (χ1v) is 3.48. The first-order chi connectivity index (χ1) is 5.72. The second-order valence-electron chi connectivity index (χ2n) is 2.31. The van der Waals surface area contributed by atoms with Crippen LogP contribution in [0, 0.1) is 0 Å². The van der Waals surface area contributed by atoms with Crippen LogP contribution < -0.4 is 0 Å². The molecule has 0 spiro atoms. The molecule has 0 amide bonds. The van der Waals surface area contributed by atoms with Crippen LogP contribution in [0.5, 0.6) is 0 Å². The number of hydrogen-bond donors (Lipinski definition) is 1. The molecule has 66 valence electrons. The lowest BCUT2D eigenvalue weighted by Gasteiger charge is -1.99. The highest BCUT2D eigenvalue weighted by Gasteiger charge is 1.97. The molecule has 0 atom stereocenters. The van der Waals surface area contributed by atoms with E-state index in [1.165, 1.54) is 17.8 Å². The van der Waals surface area contributed by atoms with Gasteiger partial charge in [0.05, 0.1) is 12.8 Å². The average molecular weight is 170 g/mol. The van der Waals surface area contributed by atoms with Gasteiger partial charge in [-0.25, -0.2) is 4.68 Å². The number of carbonyl (C=O) groups excluding carboxylic acids is 1. The SMILES string of the molecule is CC(=O)OCn1cc(CO)cn1. The second kappa shape index (κ2) is 3.87. The molecule has 1 rings (SSSR count). The maximum Gasteiger partial charge on any atom is 0.304 e. The van der Waals surface area contributed by atoms with Crippen molar-refractivity contribution in [3.63, 3.8) is 0 Å². The summed E-state index contributed by atoms with van der Waals surface area (Å²) in [6, 6.07) is 0. The maximum atomic E-state index is 10.4. The Labute approximate surface area is 69.6 Å². The van der Waals surface area contributed by atoms with E-state index in [0.717, 1.165) is 0 Å². The lowest BCUT2D eigenvalue weighted by atomic mass is 10.4. The minimum atomic E-state index is -0.351. The summed E-state index contributed by atoms with van der Waals surface area (Å²) in [5, 5.41) is 12.5. The Kier molecular flexibility index (Phi) is 2.82. The summed E-state index contributed by atoms with van der Waals surface area (Å²) in [6.07, 6.45) is 3.13. The molecule has 0 radical (unpaired) electrons. The van der Waals surface area contributed by atoms with E-state index in [9.17, 15) is 4.79 Å². The van der Waals surface area contributed by atoms with Crippen molar-refractivity contribution in [1.82, 2.24) is 9.78 Å². The van der Waals surface area contributed by atoms with Gasteiger partial charge in [0, 0.05) is 18.7 Å². The van der Waals surface area contributed by atoms with Gasteiger partial charge in [-0.3, -0.25) is 4.79 Å². The highest BCUT2D eigenvalue weighted by Crippen LogP contribution is 1.96. The van der Waals surface area contributed by atoms with Gasteiger partial charge in [0.15, 0.2) is 6.73 Å². The summed E-state index contributed by atoms with van der Waals surface area (Å²) >= 11 is 0. The zero-order chi connectivity index (χ0) is 8.97. The van der Waals surface area contributed by atoms with Crippen LogP contribution in [-0.2, 0) is 22.9 Å². The lowest BCUT2D eigenvalue weighted by molar-refractivity contribution is -0.145. The highest BCUT2D eigenvalue weighted by atomic mass is 16.5. The van der Waals surface area contributed by atoms with E-state index >= 15 is 0 Å². The molecule has 1 heterocycles. The first-order valence-electron chi connectivity index (χ1n) is 3.48. The Morgan fingerprint density at radius 1 is 1.83 bits per heavy atom. The maximum absolute atomic E-state index is 10.4. The van der Waals surface area contributed by atoms with Crippen LogP contribution in [0.1, 0.15) is 12.5 Å². The van der Waals surface area contributed by atoms with Crippen LogP contribution in [0.4, 0.5) is 0 Å². The van der Waals surface area contributed by atoms with Gasteiger partial charge in [-0.2, -0.15) is 5.10 Å². The van der Waals surface area contributed by atoms with Gasteiger partial charge in [0.2, 0.25) is 0 Å². The Balaban J connectivity index is 2.47. The number of aromatic nitrogens is 2. The van der Waals surface area contributed by atoms with Crippen molar-refractivity contribution in [1.29, 1.82) is 0 Å². The van der Waals surface area contributed by atoms with Gasteiger partial charge in [0.1, 0.15) is 0 Å². The minimum absolute atomic E-state index is 0.0555. The molecule has 0 fully saturated rings. The number of ether oxygens (including phenoxy) is 1. The van der Waals surface area contributed by atoms with Crippen molar-refractivity contribution in [2.24, 2.45) is 0 Å². The van der Waals surface area contributed by atoms with Crippen LogP contribution >= 0.6 is 0 Å². The van der Waals surface area contributed by atoms with E-state index in [4.69, 9.17) is 5.11 Å². The van der Waals surface area contributed by atoms with E-state index in [2.05, 4.69) is 9.84 Å². The number of hydrogen-bond acceptors (Lipinski definition) is 4. The van der Waals surface area contributed by atoms with Crippen molar-refractivity contribution in [3.8, 4) is 0 Å². The standard InChI is InChI=1S/C7H10N2O3/c1-6(11)12-5-9-3-7(4-10)2-8-9/h2-3,10H,4-5H2,1H3. The van der Waals surface area contributed by atoms with E-state index in [1.807, 2.05) is 0 Å². The molecule has 0 bridgehead atoms. The van der Waals surface area contributed by atoms with Gasteiger partial charge >= 0.3 is 5.97 Å². The van der Waals surface area contributed by atoms with Crippen molar-refractivity contribution >= 4 is 5.97 Å². The second-order valence-corrected chi connectivity index (χ2v) is 2.31. The Bertz CT molecular complexity index is 269. The summed E-state index contributed by atoms with van der Waals surface area (Å²) in [4.78, 5) is 10.4. The van der Waals surface area contributed by atoms with E-state index in [0.29, 0.717) is 5.56 Å². The largest absolute Gasteiger partial charge is 0.443 e. The van der Waals surface area contributed by atoms with Gasteiger partial charge in [-0.05, 0) is 0 Å². The van der Waals surface area contributed by atoms with Crippen molar-refractivity contribution < 1.29 is 14.6 Å². The molecule has 0 aromatic carbocycles. The number of esters is 1. The molecular weight excluding hydrogens is 160 g/mol. The molecule has 1 aromatic heterocycles. The quantitative estimate of drug-likeness (QED) is 0.643. The molecule has 0 aliphatic carbocycles. The average Bonchev–Trinajstić information content (AvgIpc) is 2.48. The molecule has 0 saturated carbocycles. The molecule has 5 heteroatoms. The van der Waals surface area contributed by atoms with Gasteiger partial charge in [-0.15, -0.1) is 0 Å². The molecule has 1 aromatic rings. The van der Waals surface area contributed by atoms with Crippen LogP contribution in [0.3, 0.4) is 0 Å². The predicted molar refractivity (Wildman–Crippen MR) is 39.9 cm³/mol. The summed E-state index contributed by atoms with van der Waals surface area (Å²) in [7, 11) is 0. The fraction of sp³-hybridized carbons (Fsp3) is 0.429. The molecule has 5 nitrogen and oxygen atoms in total. The van der Waals surface area contributed by atoms with E-state index in [1.54, 1.807) is 6.20 Å². The third-order valence-electron chi connectivity index (χ3n) is 1.27. The lowest BCUT2D eigenvalue weighted by Crippen LogP contribution is -2.06. The molecular formula is C7H10N2O3.